The molecular weight excluding hydrogens is 254 g/mol. The summed E-state index contributed by atoms with van der Waals surface area (Å²) in [5.41, 5.74) is 2.47. The predicted molar refractivity (Wildman–Crippen MR) is 67.9 cm³/mol. The normalized spacial score (nSPS) is 19.5. The van der Waals surface area contributed by atoms with Gasteiger partial charge in [-0.2, -0.15) is 0 Å². The highest BCUT2D eigenvalue weighted by atomic mass is 79.9. The molecule has 1 aliphatic rings. The Hall–Kier alpha value is -0.540. The molecular formula is C12H18BrNO. The van der Waals surface area contributed by atoms with Gasteiger partial charge in [0.15, 0.2) is 0 Å². The van der Waals surface area contributed by atoms with Crippen molar-refractivity contribution in [2.45, 2.75) is 25.3 Å². The maximum atomic E-state index is 9.74. The van der Waals surface area contributed by atoms with Crippen LogP contribution >= 0.6 is 17.0 Å². The van der Waals surface area contributed by atoms with Crippen molar-refractivity contribution < 1.29 is 5.11 Å². The summed E-state index contributed by atoms with van der Waals surface area (Å²) in [7, 11) is 4.21. The molecule has 3 heteroatoms. The van der Waals surface area contributed by atoms with Crippen molar-refractivity contribution in [1.29, 1.82) is 0 Å². The fourth-order valence-corrected chi connectivity index (χ4v) is 2.19. The van der Waals surface area contributed by atoms with Crippen LogP contribution in [-0.4, -0.2) is 30.1 Å². The van der Waals surface area contributed by atoms with E-state index in [1.54, 1.807) is 6.07 Å². The molecule has 84 valence electrons. The average molecular weight is 272 g/mol. The van der Waals surface area contributed by atoms with Gasteiger partial charge in [0.25, 0.3) is 0 Å². The molecule has 0 aliphatic heterocycles. The number of likely N-dealkylation sites (N-methyl/N-ethyl adjacent to an activating group) is 1. The van der Waals surface area contributed by atoms with Gasteiger partial charge in [0.05, 0.1) is 0 Å². The summed E-state index contributed by atoms with van der Waals surface area (Å²) >= 11 is 0. The molecule has 0 radical (unpaired) electrons. The molecule has 1 aliphatic carbocycles. The first-order valence-corrected chi connectivity index (χ1v) is 5.14. The Morgan fingerprint density at radius 2 is 2.07 bits per heavy atom. The van der Waals surface area contributed by atoms with Gasteiger partial charge in [0.1, 0.15) is 5.75 Å². The molecule has 0 saturated carbocycles. The van der Waals surface area contributed by atoms with Gasteiger partial charge in [-0.15, -0.1) is 17.0 Å². The highest BCUT2D eigenvalue weighted by Gasteiger charge is 2.21. The Kier molecular flexibility index (Phi) is 4.17. The zero-order chi connectivity index (χ0) is 10.1. The number of aryl methyl sites for hydroxylation is 1. The first kappa shape index (κ1) is 12.5. The molecule has 2 nitrogen and oxygen atoms in total. The van der Waals surface area contributed by atoms with Crippen LogP contribution in [-0.2, 0) is 12.8 Å². The molecule has 0 heterocycles. The largest absolute Gasteiger partial charge is 0.508 e. The average Bonchev–Trinajstić information content (AvgIpc) is 2.18. The summed E-state index contributed by atoms with van der Waals surface area (Å²) < 4.78 is 0. The van der Waals surface area contributed by atoms with Gasteiger partial charge in [-0.3, -0.25) is 0 Å². The second kappa shape index (κ2) is 4.99. The third kappa shape index (κ3) is 2.52. The lowest BCUT2D eigenvalue weighted by atomic mass is 9.87. The van der Waals surface area contributed by atoms with E-state index in [1.807, 2.05) is 6.07 Å². The lowest BCUT2D eigenvalue weighted by Crippen LogP contribution is -2.33. The van der Waals surface area contributed by atoms with Gasteiger partial charge in [-0.1, -0.05) is 12.1 Å². The smallest absolute Gasteiger partial charge is 0.119 e. The van der Waals surface area contributed by atoms with E-state index in [2.05, 4.69) is 25.1 Å². The van der Waals surface area contributed by atoms with Gasteiger partial charge >= 0.3 is 0 Å². The number of benzene rings is 1. The summed E-state index contributed by atoms with van der Waals surface area (Å²) in [5, 5.41) is 9.74. The van der Waals surface area contributed by atoms with Crippen molar-refractivity contribution in [2.75, 3.05) is 14.1 Å². The number of hydrogen-bond acceptors (Lipinski definition) is 2. The van der Waals surface area contributed by atoms with E-state index in [-0.39, 0.29) is 17.0 Å². The number of phenols is 1. The molecule has 0 fully saturated rings. The maximum absolute atomic E-state index is 9.74. The Morgan fingerprint density at radius 1 is 1.33 bits per heavy atom. The van der Waals surface area contributed by atoms with Crippen molar-refractivity contribution in [2.24, 2.45) is 0 Å². The molecule has 0 saturated heterocycles. The number of hydrogen-bond donors (Lipinski definition) is 1. The Balaban J connectivity index is 0.00000112. The zero-order valence-corrected chi connectivity index (χ0v) is 10.9. The fourth-order valence-electron chi connectivity index (χ4n) is 2.19. The van der Waals surface area contributed by atoms with Crippen LogP contribution in [0.2, 0.25) is 0 Å². The molecule has 15 heavy (non-hydrogen) atoms. The van der Waals surface area contributed by atoms with Crippen LogP contribution in [0.25, 0.3) is 0 Å². The van der Waals surface area contributed by atoms with Crippen LogP contribution in [0.4, 0.5) is 0 Å². The third-order valence-corrected chi connectivity index (χ3v) is 3.17. The number of phenolic OH excluding ortho intramolecular Hbond substituents is 1. The summed E-state index contributed by atoms with van der Waals surface area (Å²) in [6.07, 6.45) is 3.27. The van der Waals surface area contributed by atoms with E-state index in [9.17, 15) is 5.11 Å². The Morgan fingerprint density at radius 3 is 2.73 bits per heavy atom. The van der Waals surface area contributed by atoms with Crippen LogP contribution in [0, 0.1) is 0 Å². The minimum absolute atomic E-state index is 0. The quantitative estimate of drug-likeness (QED) is 0.848. The van der Waals surface area contributed by atoms with Crippen molar-refractivity contribution in [1.82, 2.24) is 4.90 Å². The highest BCUT2D eigenvalue weighted by Crippen LogP contribution is 2.29. The molecule has 2 rings (SSSR count). The van der Waals surface area contributed by atoms with Gasteiger partial charge in [0.2, 0.25) is 0 Å². The van der Waals surface area contributed by atoms with Gasteiger partial charge in [-0.25, -0.2) is 0 Å². The van der Waals surface area contributed by atoms with Crippen molar-refractivity contribution >= 4 is 17.0 Å². The molecule has 1 N–H and O–H groups in total. The van der Waals surface area contributed by atoms with Crippen molar-refractivity contribution in [3.8, 4) is 5.75 Å². The molecule has 0 bridgehead atoms. The monoisotopic (exact) mass is 271 g/mol. The summed E-state index contributed by atoms with van der Waals surface area (Å²) in [5.74, 6) is 0.467. The first-order valence-electron chi connectivity index (χ1n) is 5.14. The van der Waals surface area contributed by atoms with Crippen molar-refractivity contribution in [3.05, 3.63) is 29.3 Å². The maximum Gasteiger partial charge on any atom is 0.119 e. The Labute approximate surface area is 102 Å². The number of rotatable bonds is 1. The van der Waals surface area contributed by atoms with Crippen LogP contribution in [0.5, 0.6) is 5.75 Å². The van der Waals surface area contributed by atoms with E-state index < -0.39 is 0 Å². The predicted octanol–water partition coefficient (Wildman–Crippen LogP) is 2.39. The van der Waals surface area contributed by atoms with Crippen LogP contribution in [0.15, 0.2) is 18.2 Å². The zero-order valence-electron chi connectivity index (χ0n) is 9.23. The number of aromatic hydroxyl groups is 1. The fraction of sp³-hybridized carbons (Fsp3) is 0.500. The van der Waals surface area contributed by atoms with Crippen LogP contribution in [0.1, 0.15) is 17.5 Å². The highest BCUT2D eigenvalue weighted by molar-refractivity contribution is 8.93. The van der Waals surface area contributed by atoms with Crippen LogP contribution in [0.3, 0.4) is 0 Å². The van der Waals surface area contributed by atoms with E-state index in [4.69, 9.17) is 0 Å². The molecule has 1 unspecified atom stereocenters. The topological polar surface area (TPSA) is 23.5 Å². The molecule has 1 atom stereocenters. The molecule has 0 aromatic heterocycles. The first-order chi connectivity index (χ1) is 6.68. The number of halogens is 1. The lowest BCUT2D eigenvalue weighted by molar-refractivity contribution is 0.265. The molecule has 1 aromatic carbocycles. The third-order valence-electron chi connectivity index (χ3n) is 3.17. The number of fused-ring (bicyclic) bond motifs is 1. The molecule has 0 amide bonds. The summed E-state index contributed by atoms with van der Waals surface area (Å²) in [4.78, 5) is 2.25. The summed E-state index contributed by atoms with van der Waals surface area (Å²) in [6.45, 7) is 0. The number of nitrogens with zero attached hydrogens (tertiary/aromatic N) is 1. The van der Waals surface area contributed by atoms with Crippen molar-refractivity contribution in [3.63, 3.8) is 0 Å². The SMILES string of the molecule is Br.CN(C)C1CCc2cccc(O)c2C1. The van der Waals surface area contributed by atoms with E-state index in [0.29, 0.717) is 11.8 Å². The van der Waals surface area contributed by atoms with E-state index in [1.165, 1.54) is 12.0 Å². The molecule has 1 aromatic rings. The summed E-state index contributed by atoms with van der Waals surface area (Å²) in [6, 6.07) is 6.43. The van der Waals surface area contributed by atoms with E-state index >= 15 is 0 Å². The van der Waals surface area contributed by atoms with E-state index in [0.717, 1.165) is 18.4 Å². The second-order valence-corrected chi connectivity index (χ2v) is 4.28. The second-order valence-electron chi connectivity index (χ2n) is 4.28. The molecule has 0 spiro atoms. The lowest BCUT2D eigenvalue weighted by Gasteiger charge is -2.30. The van der Waals surface area contributed by atoms with Crippen LogP contribution < -0.4 is 0 Å². The van der Waals surface area contributed by atoms with Gasteiger partial charge in [0, 0.05) is 6.04 Å². The minimum Gasteiger partial charge on any atom is -0.508 e. The van der Waals surface area contributed by atoms with Gasteiger partial charge < -0.3 is 10.0 Å². The van der Waals surface area contributed by atoms with Gasteiger partial charge in [-0.05, 0) is 50.6 Å². The standard InChI is InChI=1S/C12H17NO.BrH/c1-13(2)10-7-6-9-4-3-5-12(14)11(9)8-10;/h3-5,10,14H,6-8H2,1-2H3;1H. The Bertz CT molecular complexity index is 338. The minimum atomic E-state index is 0.